The Labute approximate surface area is 209 Å². The largest absolute Gasteiger partial charge is 0.335 e. The standard InChI is InChI=1S/C30H25N3O3/c1-3-21-12-10-11-17-26(21)33-29(35)25(28(34)31-30(33)36)19-23-18-20(2)32(24-15-8-5-9-16-24)27(23)22-13-6-4-7-14-22/h4-19H,3H2,1-2H3,(H,31,34,36)/b25-19+. The Hall–Kier alpha value is -4.71. The molecule has 1 aromatic heterocycles. The average Bonchev–Trinajstić information content (AvgIpc) is 3.23. The normalized spacial score (nSPS) is 14.9. The van der Waals surface area contributed by atoms with Crippen molar-refractivity contribution in [3.8, 4) is 16.9 Å². The monoisotopic (exact) mass is 475 g/mol. The summed E-state index contributed by atoms with van der Waals surface area (Å²) < 4.78 is 2.10. The Morgan fingerprint density at radius 2 is 1.47 bits per heavy atom. The van der Waals surface area contributed by atoms with Gasteiger partial charge in [-0.15, -0.1) is 0 Å². The molecule has 1 N–H and O–H groups in total. The first kappa shape index (κ1) is 23.1. The van der Waals surface area contributed by atoms with Crippen LogP contribution in [0.2, 0.25) is 0 Å². The quantitative estimate of drug-likeness (QED) is 0.298. The zero-order valence-corrected chi connectivity index (χ0v) is 20.1. The van der Waals surface area contributed by atoms with Crippen molar-refractivity contribution >= 4 is 29.6 Å². The van der Waals surface area contributed by atoms with E-state index in [4.69, 9.17) is 0 Å². The highest BCUT2D eigenvalue weighted by Crippen LogP contribution is 2.33. The van der Waals surface area contributed by atoms with E-state index in [0.717, 1.165) is 33.1 Å². The second kappa shape index (κ2) is 9.50. The first-order chi connectivity index (χ1) is 17.5. The van der Waals surface area contributed by atoms with Gasteiger partial charge in [0.15, 0.2) is 0 Å². The van der Waals surface area contributed by atoms with Crippen LogP contribution >= 0.6 is 0 Å². The van der Waals surface area contributed by atoms with E-state index in [1.54, 1.807) is 18.2 Å². The number of rotatable bonds is 5. The summed E-state index contributed by atoms with van der Waals surface area (Å²) in [5.74, 6) is -1.35. The number of carbonyl (C=O) groups is 3. The zero-order valence-electron chi connectivity index (χ0n) is 20.1. The molecule has 1 fully saturated rings. The summed E-state index contributed by atoms with van der Waals surface area (Å²) in [7, 11) is 0. The van der Waals surface area contributed by atoms with Gasteiger partial charge < -0.3 is 4.57 Å². The Balaban J connectivity index is 1.68. The van der Waals surface area contributed by atoms with Gasteiger partial charge in [-0.1, -0.05) is 73.7 Å². The van der Waals surface area contributed by atoms with E-state index in [1.165, 1.54) is 0 Å². The Morgan fingerprint density at radius 3 is 2.17 bits per heavy atom. The van der Waals surface area contributed by atoms with Gasteiger partial charge in [-0.3, -0.25) is 14.9 Å². The SMILES string of the molecule is CCc1ccccc1N1C(=O)NC(=O)/C(=C\c2cc(C)n(-c3ccccc3)c2-c2ccccc2)C1=O. The second-order valence-corrected chi connectivity index (χ2v) is 8.57. The molecule has 0 bridgehead atoms. The van der Waals surface area contributed by atoms with Crippen LogP contribution in [0, 0.1) is 6.92 Å². The third-order valence-electron chi connectivity index (χ3n) is 6.29. The number of para-hydroxylation sites is 2. The molecule has 4 amide bonds. The molecule has 0 saturated carbocycles. The summed E-state index contributed by atoms with van der Waals surface area (Å²) in [4.78, 5) is 40.3. The van der Waals surface area contributed by atoms with Crippen molar-refractivity contribution in [1.29, 1.82) is 0 Å². The molecule has 178 valence electrons. The number of amides is 4. The number of hydrogen-bond acceptors (Lipinski definition) is 3. The Bertz CT molecular complexity index is 1500. The molecule has 1 aliphatic rings. The molecule has 6 heteroatoms. The Kier molecular flexibility index (Phi) is 6.09. The molecule has 2 heterocycles. The van der Waals surface area contributed by atoms with Crippen molar-refractivity contribution in [2.24, 2.45) is 0 Å². The summed E-state index contributed by atoms with van der Waals surface area (Å²) >= 11 is 0. The van der Waals surface area contributed by atoms with Gasteiger partial charge in [0.05, 0.1) is 11.4 Å². The van der Waals surface area contributed by atoms with Crippen LogP contribution in [0.4, 0.5) is 10.5 Å². The predicted molar refractivity (Wildman–Crippen MR) is 141 cm³/mol. The number of carbonyl (C=O) groups excluding carboxylic acids is 3. The van der Waals surface area contributed by atoms with E-state index in [1.807, 2.05) is 92.7 Å². The molecule has 1 aliphatic heterocycles. The lowest BCUT2D eigenvalue weighted by Gasteiger charge is -2.28. The summed E-state index contributed by atoms with van der Waals surface area (Å²) in [6, 6.07) is 28.2. The van der Waals surface area contributed by atoms with Crippen LogP contribution in [0.5, 0.6) is 0 Å². The van der Waals surface area contributed by atoms with Gasteiger partial charge in [0.2, 0.25) is 0 Å². The number of nitrogens with zero attached hydrogens (tertiary/aromatic N) is 2. The number of urea groups is 1. The van der Waals surface area contributed by atoms with E-state index in [2.05, 4.69) is 9.88 Å². The molecule has 1 saturated heterocycles. The van der Waals surface area contributed by atoms with Gasteiger partial charge >= 0.3 is 6.03 Å². The highest BCUT2D eigenvalue weighted by molar-refractivity contribution is 6.39. The lowest BCUT2D eigenvalue weighted by molar-refractivity contribution is -0.122. The summed E-state index contributed by atoms with van der Waals surface area (Å²) in [6.45, 7) is 3.94. The van der Waals surface area contributed by atoms with Crippen LogP contribution in [0.25, 0.3) is 23.0 Å². The zero-order chi connectivity index (χ0) is 25.2. The number of nitrogens with one attached hydrogen (secondary N) is 1. The molecular formula is C30H25N3O3. The van der Waals surface area contributed by atoms with Gasteiger partial charge in [0, 0.05) is 16.9 Å². The Morgan fingerprint density at radius 1 is 0.833 bits per heavy atom. The average molecular weight is 476 g/mol. The molecule has 5 rings (SSSR count). The van der Waals surface area contributed by atoms with Gasteiger partial charge in [-0.25, -0.2) is 9.69 Å². The van der Waals surface area contributed by atoms with E-state index in [9.17, 15) is 14.4 Å². The fraction of sp³-hybridized carbons (Fsp3) is 0.100. The van der Waals surface area contributed by atoms with Crippen molar-refractivity contribution in [1.82, 2.24) is 9.88 Å². The van der Waals surface area contributed by atoms with Crippen LogP contribution in [0.3, 0.4) is 0 Å². The maximum Gasteiger partial charge on any atom is 0.335 e. The predicted octanol–water partition coefficient (Wildman–Crippen LogP) is 5.68. The van der Waals surface area contributed by atoms with Crippen molar-refractivity contribution in [2.75, 3.05) is 4.90 Å². The van der Waals surface area contributed by atoms with Crippen molar-refractivity contribution < 1.29 is 14.4 Å². The van der Waals surface area contributed by atoms with Crippen LogP contribution in [0.1, 0.15) is 23.7 Å². The lowest BCUT2D eigenvalue weighted by atomic mass is 10.0. The third kappa shape index (κ3) is 4.03. The minimum absolute atomic E-state index is 0.0945. The number of benzene rings is 3. The van der Waals surface area contributed by atoms with Gasteiger partial charge in [-0.05, 0) is 54.8 Å². The lowest BCUT2D eigenvalue weighted by Crippen LogP contribution is -2.54. The van der Waals surface area contributed by atoms with Crippen molar-refractivity contribution in [3.63, 3.8) is 0 Å². The number of barbiturate groups is 1. The first-order valence-corrected chi connectivity index (χ1v) is 11.8. The van der Waals surface area contributed by atoms with Crippen molar-refractivity contribution in [2.45, 2.75) is 20.3 Å². The topological polar surface area (TPSA) is 71.4 Å². The first-order valence-electron chi connectivity index (χ1n) is 11.8. The maximum absolute atomic E-state index is 13.6. The van der Waals surface area contributed by atoms with Crippen molar-refractivity contribution in [3.05, 3.63) is 113 Å². The van der Waals surface area contributed by atoms with Crippen LogP contribution in [-0.4, -0.2) is 22.4 Å². The third-order valence-corrected chi connectivity index (χ3v) is 6.29. The molecule has 0 unspecified atom stereocenters. The number of hydrogen-bond donors (Lipinski definition) is 1. The maximum atomic E-state index is 13.6. The smallest absolute Gasteiger partial charge is 0.313 e. The molecule has 0 aliphatic carbocycles. The number of imide groups is 2. The fourth-order valence-electron chi connectivity index (χ4n) is 4.63. The highest BCUT2D eigenvalue weighted by atomic mass is 16.2. The van der Waals surface area contributed by atoms with Gasteiger partial charge in [-0.2, -0.15) is 0 Å². The highest BCUT2D eigenvalue weighted by Gasteiger charge is 2.37. The molecule has 6 nitrogen and oxygen atoms in total. The van der Waals surface area contributed by atoms with Crippen LogP contribution in [-0.2, 0) is 16.0 Å². The molecule has 0 spiro atoms. The van der Waals surface area contributed by atoms with Gasteiger partial charge in [0.25, 0.3) is 11.8 Å². The second-order valence-electron chi connectivity index (χ2n) is 8.57. The molecule has 0 radical (unpaired) electrons. The van der Waals surface area contributed by atoms with E-state index < -0.39 is 17.8 Å². The van der Waals surface area contributed by atoms with Crippen LogP contribution < -0.4 is 10.2 Å². The number of aromatic nitrogens is 1. The van der Waals surface area contributed by atoms with Gasteiger partial charge in [0.1, 0.15) is 5.57 Å². The number of aryl methyl sites for hydroxylation is 2. The van der Waals surface area contributed by atoms with E-state index >= 15 is 0 Å². The van der Waals surface area contributed by atoms with E-state index in [-0.39, 0.29) is 5.57 Å². The molecule has 4 aromatic rings. The molecule has 36 heavy (non-hydrogen) atoms. The molecule has 0 atom stereocenters. The number of anilines is 1. The molecule has 3 aromatic carbocycles. The summed E-state index contributed by atoms with van der Waals surface area (Å²) in [5, 5.41) is 2.34. The molecular weight excluding hydrogens is 450 g/mol. The summed E-state index contributed by atoms with van der Waals surface area (Å²) in [5.41, 5.74) is 5.63. The minimum Gasteiger partial charge on any atom is -0.313 e. The van der Waals surface area contributed by atoms with Crippen LogP contribution in [0.15, 0.2) is 96.6 Å². The summed E-state index contributed by atoms with van der Waals surface area (Å²) in [6.07, 6.45) is 2.22. The fourth-order valence-corrected chi connectivity index (χ4v) is 4.63. The van der Waals surface area contributed by atoms with E-state index in [0.29, 0.717) is 17.7 Å². The minimum atomic E-state index is -0.746.